The maximum Gasteiger partial charge on any atom is 0.0848 e. The fourth-order valence-corrected chi connectivity index (χ4v) is 6.01. The first kappa shape index (κ1) is 38.7. The number of aryl methyl sites for hydroxylation is 4. The average molecular weight is 613 g/mol. The molecule has 2 rings (SSSR count). The van der Waals surface area contributed by atoms with Crippen LogP contribution in [0.25, 0.3) is 0 Å². The summed E-state index contributed by atoms with van der Waals surface area (Å²) in [5, 5.41) is 0. The molecular formula is C43H68N2. The van der Waals surface area contributed by atoms with E-state index in [1.165, 1.54) is 112 Å². The predicted molar refractivity (Wildman–Crippen MR) is 204 cm³/mol. The molecule has 0 aliphatic carbocycles. The monoisotopic (exact) mass is 613 g/mol. The first-order valence-electron chi connectivity index (χ1n) is 19.1. The number of benzene rings is 2. The lowest BCUT2D eigenvalue weighted by Crippen LogP contribution is -2.12. The summed E-state index contributed by atoms with van der Waals surface area (Å²) in [6.45, 7) is 13.6. The first-order valence-corrected chi connectivity index (χ1v) is 19.1. The molecule has 0 radical (unpaired) electrons. The molecule has 0 aliphatic rings. The molecular weight excluding hydrogens is 544 g/mol. The van der Waals surface area contributed by atoms with Gasteiger partial charge in [0.1, 0.15) is 0 Å². The van der Waals surface area contributed by atoms with E-state index in [0.29, 0.717) is 0 Å². The standard InChI is InChI=1S/C43H68N2/c1-7-13-15-17-19-20-21-22-23-25-27-29-43(45-41-34-38(11-5)31-39(12-6)35-41)42(28-26-24-18-16-14-8-2)44-40-32-36(9-3)30-37(10-4)33-40/h27,29-35H,7-26,28H2,1-6H3/b29-27+,44-42?,45-43?. The summed E-state index contributed by atoms with van der Waals surface area (Å²) in [6.07, 6.45) is 30.9. The van der Waals surface area contributed by atoms with Crippen molar-refractivity contribution in [1.29, 1.82) is 0 Å². The van der Waals surface area contributed by atoms with Gasteiger partial charge in [0.15, 0.2) is 0 Å². The zero-order chi connectivity index (χ0) is 32.5. The van der Waals surface area contributed by atoms with Crippen LogP contribution >= 0.6 is 0 Å². The molecule has 250 valence electrons. The maximum atomic E-state index is 5.40. The van der Waals surface area contributed by atoms with Crippen molar-refractivity contribution in [2.75, 3.05) is 0 Å². The molecule has 2 nitrogen and oxygen atoms in total. The van der Waals surface area contributed by atoms with Crippen LogP contribution in [0.4, 0.5) is 11.4 Å². The van der Waals surface area contributed by atoms with Gasteiger partial charge in [-0.1, -0.05) is 143 Å². The van der Waals surface area contributed by atoms with E-state index in [2.05, 4.69) is 90.1 Å². The lowest BCUT2D eigenvalue weighted by molar-refractivity contribution is 0.566. The molecule has 2 aromatic rings. The molecule has 45 heavy (non-hydrogen) atoms. The second kappa shape index (κ2) is 24.7. The van der Waals surface area contributed by atoms with Gasteiger partial charge in [-0.2, -0.15) is 0 Å². The molecule has 2 heteroatoms. The summed E-state index contributed by atoms with van der Waals surface area (Å²) in [4.78, 5) is 10.8. The van der Waals surface area contributed by atoms with Crippen LogP contribution in [0.15, 0.2) is 58.5 Å². The lowest BCUT2D eigenvalue weighted by Gasteiger charge is -2.11. The lowest BCUT2D eigenvalue weighted by atomic mass is 10.0. The zero-order valence-electron chi connectivity index (χ0n) is 30.4. The van der Waals surface area contributed by atoms with Gasteiger partial charge in [0.2, 0.25) is 0 Å². The van der Waals surface area contributed by atoms with Crippen LogP contribution in [0.3, 0.4) is 0 Å². The van der Waals surface area contributed by atoms with E-state index in [4.69, 9.17) is 9.98 Å². The number of allylic oxidation sites excluding steroid dienone is 2. The normalized spacial score (nSPS) is 12.5. The largest absolute Gasteiger partial charge is 0.251 e. The van der Waals surface area contributed by atoms with Crippen molar-refractivity contribution < 1.29 is 0 Å². The SMILES string of the molecule is CCCCCCCCCCC/C=C/C(=Nc1cc(CC)cc(CC)c1)C(CCCCCCCC)=Nc1cc(CC)cc(CC)c1. The first-order chi connectivity index (χ1) is 22.1. The van der Waals surface area contributed by atoms with E-state index in [1.54, 1.807) is 0 Å². The third-order valence-electron chi connectivity index (χ3n) is 9.03. The van der Waals surface area contributed by atoms with Crippen molar-refractivity contribution in [3.05, 3.63) is 70.8 Å². The van der Waals surface area contributed by atoms with Crippen molar-refractivity contribution in [2.24, 2.45) is 9.98 Å². The Kier molecular flexibility index (Phi) is 21.3. The molecule has 0 aromatic heterocycles. The molecule has 2 aromatic carbocycles. The molecule has 0 aliphatic heterocycles. The molecule has 0 amide bonds. The van der Waals surface area contributed by atoms with Gasteiger partial charge in [-0.25, -0.2) is 4.99 Å². The zero-order valence-corrected chi connectivity index (χ0v) is 30.4. The Bertz CT molecular complexity index is 1110. The summed E-state index contributed by atoms with van der Waals surface area (Å²) in [6, 6.07) is 13.8. The van der Waals surface area contributed by atoms with E-state index in [-0.39, 0.29) is 0 Å². The minimum Gasteiger partial charge on any atom is -0.251 e. The molecule has 0 bridgehead atoms. The highest BCUT2D eigenvalue weighted by Crippen LogP contribution is 2.24. The minimum atomic E-state index is 0.971. The number of aliphatic imine (C=N–C) groups is 2. The van der Waals surface area contributed by atoms with Gasteiger partial charge in [0, 0.05) is 0 Å². The van der Waals surface area contributed by atoms with Crippen LogP contribution in [-0.4, -0.2) is 11.4 Å². The quantitative estimate of drug-likeness (QED) is 0.0787. The van der Waals surface area contributed by atoms with Gasteiger partial charge in [0.25, 0.3) is 0 Å². The predicted octanol–water partition coefficient (Wildman–Crippen LogP) is 14.0. The number of unbranched alkanes of at least 4 members (excludes halogenated alkanes) is 14. The highest BCUT2D eigenvalue weighted by Gasteiger charge is 2.10. The van der Waals surface area contributed by atoms with E-state index in [9.17, 15) is 0 Å². The third-order valence-corrected chi connectivity index (χ3v) is 9.03. The van der Waals surface area contributed by atoms with Crippen molar-refractivity contribution in [1.82, 2.24) is 0 Å². The second-order valence-electron chi connectivity index (χ2n) is 13.0. The Labute approximate surface area is 279 Å². The molecule has 0 saturated heterocycles. The Balaban J connectivity index is 2.35. The van der Waals surface area contributed by atoms with Gasteiger partial charge in [-0.05, 0) is 104 Å². The van der Waals surface area contributed by atoms with Crippen LogP contribution in [-0.2, 0) is 25.7 Å². The summed E-state index contributed by atoms with van der Waals surface area (Å²) in [5.74, 6) is 0. The Morgan fingerprint density at radius 1 is 0.467 bits per heavy atom. The number of hydrogen-bond acceptors (Lipinski definition) is 2. The maximum absolute atomic E-state index is 5.40. The Hall–Kier alpha value is -2.48. The average Bonchev–Trinajstić information content (AvgIpc) is 3.07. The number of rotatable bonds is 25. The van der Waals surface area contributed by atoms with Gasteiger partial charge < -0.3 is 0 Å². The summed E-state index contributed by atoms with van der Waals surface area (Å²) in [5.41, 5.74) is 9.82. The highest BCUT2D eigenvalue weighted by molar-refractivity contribution is 6.47. The van der Waals surface area contributed by atoms with Gasteiger partial charge in [-0.15, -0.1) is 0 Å². The van der Waals surface area contributed by atoms with Crippen LogP contribution in [0.1, 0.15) is 173 Å². The molecule has 0 saturated carbocycles. The van der Waals surface area contributed by atoms with Crippen molar-refractivity contribution >= 4 is 22.8 Å². The molecule has 0 N–H and O–H groups in total. The summed E-state index contributed by atoms with van der Waals surface area (Å²) in [7, 11) is 0. The molecule has 0 fully saturated rings. The van der Waals surface area contributed by atoms with E-state index < -0.39 is 0 Å². The van der Waals surface area contributed by atoms with Crippen LogP contribution in [0, 0.1) is 0 Å². The second-order valence-corrected chi connectivity index (χ2v) is 13.0. The molecule has 0 heterocycles. The van der Waals surface area contributed by atoms with Crippen LogP contribution in [0.2, 0.25) is 0 Å². The third kappa shape index (κ3) is 16.6. The number of nitrogens with zero attached hydrogens (tertiary/aromatic N) is 2. The van der Waals surface area contributed by atoms with Crippen LogP contribution in [0.5, 0.6) is 0 Å². The summed E-state index contributed by atoms with van der Waals surface area (Å²) >= 11 is 0. The van der Waals surface area contributed by atoms with E-state index in [0.717, 1.165) is 67.7 Å². The van der Waals surface area contributed by atoms with Gasteiger partial charge in [-0.3, -0.25) is 4.99 Å². The minimum absolute atomic E-state index is 0.971. The van der Waals surface area contributed by atoms with E-state index in [1.807, 2.05) is 0 Å². The topological polar surface area (TPSA) is 24.7 Å². The molecule has 0 unspecified atom stereocenters. The summed E-state index contributed by atoms with van der Waals surface area (Å²) < 4.78 is 0. The number of hydrogen-bond donors (Lipinski definition) is 0. The van der Waals surface area contributed by atoms with Gasteiger partial charge >= 0.3 is 0 Å². The van der Waals surface area contributed by atoms with E-state index >= 15 is 0 Å². The molecule has 0 spiro atoms. The molecule has 0 atom stereocenters. The van der Waals surface area contributed by atoms with Crippen molar-refractivity contribution in [3.8, 4) is 0 Å². The fourth-order valence-electron chi connectivity index (χ4n) is 6.01. The van der Waals surface area contributed by atoms with Gasteiger partial charge in [0.05, 0.1) is 22.8 Å². The fraction of sp³-hybridized carbons (Fsp3) is 0.628. The highest BCUT2D eigenvalue weighted by atomic mass is 14.8. The smallest absolute Gasteiger partial charge is 0.0848 e. The van der Waals surface area contributed by atoms with Crippen molar-refractivity contribution in [2.45, 2.75) is 176 Å². The van der Waals surface area contributed by atoms with Crippen LogP contribution < -0.4 is 0 Å². The van der Waals surface area contributed by atoms with Crippen molar-refractivity contribution in [3.63, 3.8) is 0 Å². The Morgan fingerprint density at radius 2 is 0.867 bits per heavy atom. The Morgan fingerprint density at radius 3 is 1.31 bits per heavy atom.